The van der Waals surface area contributed by atoms with Crippen molar-refractivity contribution in [2.75, 3.05) is 13.1 Å². The maximum atomic E-state index is 14.1. The second kappa shape index (κ2) is 5.00. The first-order chi connectivity index (χ1) is 9.12. The van der Waals surface area contributed by atoms with Crippen molar-refractivity contribution in [2.45, 2.75) is 31.9 Å². The van der Waals surface area contributed by atoms with Crippen LogP contribution in [-0.4, -0.2) is 29.7 Å². The molecule has 0 spiro atoms. The molecule has 1 amide bonds. The highest BCUT2D eigenvalue weighted by Gasteiger charge is 2.46. The Balaban J connectivity index is 2.08. The predicted molar refractivity (Wildman–Crippen MR) is 77.8 cm³/mol. The van der Waals surface area contributed by atoms with Crippen molar-refractivity contribution in [3.05, 3.63) is 34.1 Å². The van der Waals surface area contributed by atoms with Gasteiger partial charge in [-0.2, -0.15) is 0 Å². The van der Waals surface area contributed by atoms with E-state index in [0.29, 0.717) is 10.0 Å². The highest BCUT2D eigenvalue weighted by atomic mass is 79.9. The van der Waals surface area contributed by atoms with E-state index in [1.807, 2.05) is 0 Å². The number of carbonyl (C=O) groups excluding carboxylic acids is 1. The molecule has 2 N–H and O–H groups in total. The lowest BCUT2D eigenvalue weighted by atomic mass is 9.83. The number of hydrogen-bond donors (Lipinski definition) is 1. The largest absolute Gasteiger partial charge is 0.444 e. The third-order valence-electron chi connectivity index (χ3n) is 3.09. The molecular weight excluding hydrogens is 327 g/mol. The van der Waals surface area contributed by atoms with Crippen molar-refractivity contribution >= 4 is 22.0 Å². The Kier molecular flexibility index (Phi) is 3.81. The Morgan fingerprint density at radius 3 is 2.60 bits per heavy atom. The van der Waals surface area contributed by atoms with E-state index in [0.717, 1.165) is 0 Å². The molecule has 4 nitrogen and oxygen atoms in total. The van der Waals surface area contributed by atoms with Crippen LogP contribution in [0.5, 0.6) is 0 Å². The first-order valence-corrected chi connectivity index (χ1v) is 7.13. The summed E-state index contributed by atoms with van der Waals surface area (Å²) in [6.45, 7) is 5.89. The van der Waals surface area contributed by atoms with E-state index >= 15 is 0 Å². The highest BCUT2D eigenvalue weighted by Crippen LogP contribution is 2.34. The zero-order valence-electron chi connectivity index (χ0n) is 11.7. The van der Waals surface area contributed by atoms with Gasteiger partial charge in [-0.25, -0.2) is 9.18 Å². The van der Waals surface area contributed by atoms with Gasteiger partial charge in [-0.1, -0.05) is 12.1 Å². The third-order valence-corrected chi connectivity index (χ3v) is 3.70. The molecule has 1 aliphatic rings. The van der Waals surface area contributed by atoms with Gasteiger partial charge in [0.15, 0.2) is 0 Å². The summed E-state index contributed by atoms with van der Waals surface area (Å²) in [5, 5.41) is 0. The molecular formula is C14H18BrFN2O2. The zero-order valence-corrected chi connectivity index (χ0v) is 13.3. The van der Waals surface area contributed by atoms with E-state index in [-0.39, 0.29) is 18.9 Å². The minimum absolute atomic E-state index is 0.245. The molecule has 1 aliphatic heterocycles. The molecule has 6 heteroatoms. The summed E-state index contributed by atoms with van der Waals surface area (Å²) in [4.78, 5) is 13.3. The smallest absolute Gasteiger partial charge is 0.410 e. The van der Waals surface area contributed by atoms with Crippen molar-refractivity contribution in [2.24, 2.45) is 5.73 Å². The van der Waals surface area contributed by atoms with E-state index in [9.17, 15) is 9.18 Å². The number of benzene rings is 1. The summed E-state index contributed by atoms with van der Waals surface area (Å²) in [7, 11) is 0. The average Bonchev–Trinajstić information content (AvgIpc) is 2.26. The van der Waals surface area contributed by atoms with Gasteiger partial charge in [-0.15, -0.1) is 0 Å². The van der Waals surface area contributed by atoms with Crippen molar-refractivity contribution in [1.29, 1.82) is 0 Å². The number of ether oxygens (including phenoxy) is 1. The summed E-state index contributed by atoms with van der Waals surface area (Å²) < 4.78 is 19.7. The van der Waals surface area contributed by atoms with Crippen molar-refractivity contribution in [1.82, 2.24) is 4.90 Å². The highest BCUT2D eigenvalue weighted by molar-refractivity contribution is 9.10. The standard InChI is InChI=1S/C14H18BrFN2O2/c1-13(2,3)20-12(19)18-7-14(17,8-18)9-5-4-6-10(15)11(9)16/h4-6H,7-8,17H2,1-3H3. The lowest BCUT2D eigenvalue weighted by Gasteiger charge is -2.47. The van der Waals surface area contributed by atoms with Crippen LogP contribution in [0.2, 0.25) is 0 Å². The summed E-state index contributed by atoms with van der Waals surface area (Å²) in [5.74, 6) is -0.376. The van der Waals surface area contributed by atoms with Gasteiger partial charge in [0.25, 0.3) is 0 Å². The maximum Gasteiger partial charge on any atom is 0.410 e. The number of rotatable bonds is 1. The van der Waals surface area contributed by atoms with Crippen molar-refractivity contribution in [3.8, 4) is 0 Å². The lowest BCUT2D eigenvalue weighted by molar-refractivity contribution is -0.00956. The molecule has 0 bridgehead atoms. The van der Waals surface area contributed by atoms with Crippen LogP contribution in [0.15, 0.2) is 22.7 Å². The fraction of sp³-hybridized carbons (Fsp3) is 0.500. The van der Waals surface area contributed by atoms with Gasteiger partial charge in [-0.05, 0) is 42.8 Å². The molecule has 0 unspecified atom stereocenters. The van der Waals surface area contributed by atoms with Gasteiger partial charge in [0.2, 0.25) is 0 Å². The number of amides is 1. The molecule has 0 atom stereocenters. The molecule has 1 heterocycles. The number of hydrogen-bond acceptors (Lipinski definition) is 3. The maximum absolute atomic E-state index is 14.1. The van der Waals surface area contributed by atoms with Crippen molar-refractivity contribution in [3.63, 3.8) is 0 Å². The van der Waals surface area contributed by atoms with Gasteiger partial charge in [-0.3, -0.25) is 0 Å². The molecule has 20 heavy (non-hydrogen) atoms. The van der Waals surface area contributed by atoms with E-state index in [4.69, 9.17) is 10.5 Å². The summed E-state index contributed by atoms with van der Waals surface area (Å²) in [6, 6.07) is 4.99. The fourth-order valence-electron chi connectivity index (χ4n) is 2.15. The monoisotopic (exact) mass is 344 g/mol. The molecule has 110 valence electrons. The van der Waals surface area contributed by atoms with Crippen LogP contribution in [0.4, 0.5) is 9.18 Å². The van der Waals surface area contributed by atoms with Gasteiger partial charge in [0, 0.05) is 18.7 Å². The number of nitrogens with two attached hydrogens (primary N) is 1. The third kappa shape index (κ3) is 2.96. The van der Waals surface area contributed by atoms with Crippen LogP contribution in [0.25, 0.3) is 0 Å². The van der Waals surface area contributed by atoms with E-state index in [1.54, 1.807) is 39.0 Å². The van der Waals surface area contributed by atoms with Crippen LogP contribution in [0.1, 0.15) is 26.3 Å². The van der Waals surface area contributed by atoms with Crippen LogP contribution >= 0.6 is 15.9 Å². The minimum Gasteiger partial charge on any atom is -0.444 e. The Morgan fingerprint density at radius 2 is 2.05 bits per heavy atom. The van der Waals surface area contributed by atoms with Gasteiger partial charge >= 0.3 is 6.09 Å². The number of halogens is 2. The molecule has 2 rings (SSSR count). The molecule has 1 fully saturated rings. The molecule has 1 aromatic rings. The van der Waals surface area contributed by atoms with E-state index in [1.165, 1.54) is 4.90 Å². The summed E-state index contributed by atoms with van der Waals surface area (Å²) in [5.41, 5.74) is 5.18. The molecule has 0 aliphatic carbocycles. The van der Waals surface area contributed by atoms with Crippen LogP contribution in [0.3, 0.4) is 0 Å². The SMILES string of the molecule is CC(C)(C)OC(=O)N1CC(N)(c2cccc(Br)c2F)C1. The summed E-state index contributed by atoms with van der Waals surface area (Å²) in [6.07, 6.45) is -0.422. The van der Waals surface area contributed by atoms with E-state index in [2.05, 4.69) is 15.9 Å². The van der Waals surface area contributed by atoms with Crippen molar-refractivity contribution < 1.29 is 13.9 Å². The Labute approximate surface area is 126 Å². The number of carbonyl (C=O) groups is 1. The second-order valence-electron chi connectivity index (χ2n) is 6.09. The van der Waals surface area contributed by atoms with Crippen LogP contribution in [0, 0.1) is 5.82 Å². The van der Waals surface area contributed by atoms with Gasteiger partial charge in [0.05, 0.1) is 10.0 Å². The number of likely N-dealkylation sites (tertiary alicyclic amines) is 1. The Bertz CT molecular complexity index is 536. The molecule has 0 aromatic heterocycles. The fourth-order valence-corrected chi connectivity index (χ4v) is 2.52. The van der Waals surface area contributed by atoms with Crippen LogP contribution in [-0.2, 0) is 10.3 Å². The van der Waals surface area contributed by atoms with E-state index < -0.39 is 17.2 Å². The Hall–Kier alpha value is -1.14. The second-order valence-corrected chi connectivity index (χ2v) is 6.95. The zero-order chi connectivity index (χ0) is 15.1. The van der Waals surface area contributed by atoms with Crippen LogP contribution < -0.4 is 5.73 Å². The quantitative estimate of drug-likeness (QED) is 0.851. The van der Waals surface area contributed by atoms with Gasteiger partial charge < -0.3 is 15.4 Å². The topological polar surface area (TPSA) is 55.6 Å². The average molecular weight is 345 g/mol. The first-order valence-electron chi connectivity index (χ1n) is 6.34. The lowest BCUT2D eigenvalue weighted by Crippen LogP contribution is -2.66. The predicted octanol–water partition coefficient (Wildman–Crippen LogP) is 2.99. The number of nitrogens with zero attached hydrogens (tertiary/aromatic N) is 1. The Morgan fingerprint density at radius 1 is 1.45 bits per heavy atom. The minimum atomic E-state index is -0.856. The first kappa shape index (κ1) is 15.3. The molecule has 0 saturated carbocycles. The molecule has 1 saturated heterocycles. The molecule has 0 radical (unpaired) electrons. The van der Waals surface area contributed by atoms with Gasteiger partial charge in [0.1, 0.15) is 11.4 Å². The summed E-state index contributed by atoms with van der Waals surface area (Å²) >= 11 is 3.14. The molecule has 1 aromatic carbocycles. The normalized spacial score (nSPS) is 17.6.